The highest BCUT2D eigenvalue weighted by Crippen LogP contribution is 2.27. The number of halogens is 2. The molecule has 2 rings (SSSR count). The zero-order chi connectivity index (χ0) is 13.3. The lowest BCUT2D eigenvalue weighted by Gasteiger charge is -2.02. The van der Waals surface area contributed by atoms with Crippen LogP contribution < -0.4 is 5.73 Å². The van der Waals surface area contributed by atoms with Crippen LogP contribution in [0.5, 0.6) is 0 Å². The molecule has 0 aliphatic rings. The van der Waals surface area contributed by atoms with Crippen molar-refractivity contribution in [1.82, 2.24) is 10.1 Å². The minimum Gasteiger partial charge on any atom is -0.394 e. The van der Waals surface area contributed by atoms with Gasteiger partial charge in [0.25, 0.3) is 5.89 Å². The average Bonchev–Trinajstić information content (AvgIpc) is 2.83. The lowest BCUT2D eigenvalue weighted by Crippen LogP contribution is -2.15. The summed E-state index contributed by atoms with van der Waals surface area (Å²) < 4.78 is 32.1. The lowest BCUT2D eigenvalue weighted by atomic mass is 10.1. The van der Waals surface area contributed by atoms with Crippen LogP contribution in [0.25, 0.3) is 11.5 Å². The van der Waals surface area contributed by atoms with Crippen LogP contribution in [0, 0.1) is 18.6 Å². The molecular weight excluding hydrogens is 244 g/mol. The Balaban J connectivity index is 2.49. The van der Waals surface area contributed by atoms with E-state index in [0.717, 1.165) is 6.07 Å². The first-order valence-corrected chi connectivity index (χ1v) is 5.19. The molecule has 3 N–H and O–H groups in total. The van der Waals surface area contributed by atoms with Crippen LogP contribution in [0.15, 0.2) is 16.7 Å². The van der Waals surface area contributed by atoms with Gasteiger partial charge in [-0.3, -0.25) is 0 Å². The van der Waals surface area contributed by atoms with E-state index in [4.69, 9.17) is 15.4 Å². The first-order valence-electron chi connectivity index (χ1n) is 5.19. The molecule has 0 aliphatic heterocycles. The SMILES string of the molecule is Cc1ccc(F)c(-c2nc(C(N)CO)no2)c1F. The zero-order valence-corrected chi connectivity index (χ0v) is 9.52. The number of aliphatic hydroxyl groups excluding tert-OH is 1. The smallest absolute Gasteiger partial charge is 0.263 e. The largest absolute Gasteiger partial charge is 0.394 e. The van der Waals surface area contributed by atoms with Crippen LogP contribution >= 0.6 is 0 Å². The van der Waals surface area contributed by atoms with Gasteiger partial charge in [0.15, 0.2) is 5.82 Å². The summed E-state index contributed by atoms with van der Waals surface area (Å²) in [7, 11) is 0. The lowest BCUT2D eigenvalue weighted by molar-refractivity contribution is 0.260. The number of nitrogens with zero attached hydrogens (tertiary/aromatic N) is 2. The maximum atomic E-state index is 13.8. The highest BCUT2D eigenvalue weighted by atomic mass is 19.1. The fourth-order valence-corrected chi connectivity index (χ4v) is 1.42. The van der Waals surface area contributed by atoms with Crippen molar-refractivity contribution in [3.05, 3.63) is 35.2 Å². The summed E-state index contributed by atoms with van der Waals surface area (Å²) in [4.78, 5) is 3.77. The van der Waals surface area contributed by atoms with Crippen LogP contribution in [0.4, 0.5) is 8.78 Å². The normalized spacial score (nSPS) is 12.7. The molecule has 1 aromatic carbocycles. The maximum absolute atomic E-state index is 13.8. The number of rotatable bonds is 3. The minimum absolute atomic E-state index is 0.00666. The van der Waals surface area contributed by atoms with Crippen LogP contribution in [0.1, 0.15) is 17.4 Å². The summed E-state index contributed by atoms with van der Waals surface area (Å²) in [5.74, 6) is -1.87. The maximum Gasteiger partial charge on any atom is 0.263 e. The second-order valence-corrected chi connectivity index (χ2v) is 3.80. The van der Waals surface area contributed by atoms with Crippen LogP contribution in [-0.2, 0) is 0 Å². The van der Waals surface area contributed by atoms with E-state index in [1.54, 1.807) is 0 Å². The molecule has 0 bridgehead atoms. The number of aliphatic hydroxyl groups is 1. The molecule has 0 saturated carbocycles. The van der Waals surface area contributed by atoms with Gasteiger partial charge < -0.3 is 15.4 Å². The van der Waals surface area contributed by atoms with Crippen molar-refractivity contribution in [1.29, 1.82) is 0 Å². The van der Waals surface area contributed by atoms with Crippen LogP contribution in [0.2, 0.25) is 0 Å². The number of benzene rings is 1. The van der Waals surface area contributed by atoms with Crippen molar-refractivity contribution in [2.75, 3.05) is 6.61 Å². The fourth-order valence-electron chi connectivity index (χ4n) is 1.42. The van der Waals surface area contributed by atoms with E-state index >= 15 is 0 Å². The summed E-state index contributed by atoms with van der Waals surface area (Å²) in [6.07, 6.45) is 0. The molecule has 0 radical (unpaired) electrons. The number of nitrogens with two attached hydrogens (primary N) is 1. The van der Waals surface area contributed by atoms with Crippen molar-refractivity contribution < 1.29 is 18.4 Å². The molecule has 0 spiro atoms. The van der Waals surface area contributed by atoms with Crippen LogP contribution in [-0.4, -0.2) is 21.9 Å². The third-order valence-corrected chi connectivity index (χ3v) is 2.47. The topological polar surface area (TPSA) is 85.2 Å². The molecule has 0 aliphatic carbocycles. The molecule has 0 fully saturated rings. The molecule has 1 unspecified atom stereocenters. The van der Waals surface area contributed by atoms with E-state index in [-0.39, 0.29) is 22.8 Å². The minimum atomic E-state index is -0.849. The van der Waals surface area contributed by atoms with Crippen LogP contribution in [0.3, 0.4) is 0 Å². The van der Waals surface area contributed by atoms with Crippen molar-refractivity contribution >= 4 is 0 Å². The highest BCUT2D eigenvalue weighted by molar-refractivity contribution is 5.56. The Kier molecular flexibility index (Phi) is 3.35. The average molecular weight is 255 g/mol. The molecule has 1 heterocycles. The Morgan fingerprint density at radius 2 is 2.17 bits per heavy atom. The molecule has 0 amide bonds. The van der Waals surface area contributed by atoms with E-state index < -0.39 is 24.3 Å². The number of aromatic nitrogens is 2. The van der Waals surface area contributed by atoms with Gasteiger partial charge in [0, 0.05) is 0 Å². The van der Waals surface area contributed by atoms with Gasteiger partial charge in [-0.25, -0.2) is 8.78 Å². The Morgan fingerprint density at radius 1 is 1.44 bits per heavy atom. The molecule has 96 valence electrons. The second-order valence-electron chi connectivity index (χ2n) is 3.80. The molecule has 5 nitrogen and oxygen atoms in total. The quantitative estimate of drug-likeness (QED) is 0.863. The van der Waals surface area contributed by atoms with Gasteiger partial charge >= 0.3 is 0 Å². The molecule has 1 aromatic heterocycles. The summed E-state index contributed by atoms with van der Waals surface area (Å²) in [6, 6.07) is 1.58. The molecule has 7 heteroatoms. The Hall–Kier alpha value is -1.86. The molecule has 18 heavy (non-hydrogen) atoms. The predicted octanol–water partition coefficient (Wildman–Crippen LogP) is 1.32. The van der Waals surface area contributed by atoms with Gasteiger partial charge in [-0.1, -0.05) is 11.2 Å². The van der Waals surface area contributed by atoms with Gasteiger partial charge in [-0.2, -0.15) is 4.98 Å². The van der Waals surface area contributed by atoms with E-state index in [1.807, 2.05) is 0 Å². The number of hydrogen-bond acceptors (Lipinski definition) is 5. The van der Waals surface area contributed by atoms with Crippen molar-refractivity contribution in [2.45, 2.75) is 13.0 Å². The van der Waals surface area contributed by atoms with E-state index in [2.05, 4.69) is 10.1 Å². The third kappa shape index (κ3) is 2.09. The summed E-state index contributed by atoms with van der Waals surface area (Å²) in [6.45, 7) is 1.10. The van der Waals surface area contributed by atoms with Crippen molar-refractivity contribution in [2.24, 2.45) is 5.73 Å². The predicted molar refractivity (Wildman–Crippen MR) is 58.4 cm³/mol. The Bertz CT molecular complexity index is 571. The Morgan fingerprint density at radius 3 is 2.83 bits per heavy atom. The third-order valence-electron chi connectivity index (χ3n) is 2.47. The molecule has 1 atom stereocenters. The van der Waals surface area contributed by atoms with Gasteiger partial charge in [0.2, 0.25) is 0 Å². The van der Waals surface area contributed by atoms with Gasteiger partial charge in [-0.15, -0.1) is 0 Å². The summed E-state index contributed by atoms with van der Waals surface area (Å²) >= 11 is 0. The van der Waals surface area contributed by atoms with E-state index in [0.29, 0.717) is 0 Å². The standard InChI is InChI=1S/C11H11F2N3O2/c1-5-2-3-6(12)8(9(5)13)11-15-10(16-18-11)7(14)4-17/h2-3,7,17H,4,14H2,1H3. The molecule has 2 aromatic rings. The van der Waals surface area contributed by atoms with Gasteiger partial charge in [0.1, 0.15) is 17.2 Å². The van der Waals surface area contributed by atoms with Crippen molar-refractivity contribution in [3.63, 3.8) is 0 Å². The van der Waals surface area contributed by atoms with E-state index in [1.165, 1.54) is 13.0 Å². The highest BCUT2D eigenvalue weighted by Gasteiger charge is 2.21. The first-order chi connectivity index (χ1) is 8.54. The van der Waals surface area contributed by atoms with Gasteiger partial charge in [-0.05, 0) is 18.6 Å². The summed E-state index contributed by atoms with van der Waals surface area (Å²) in [5.41, 5.74) is 5.34. The van der Waals surface area contributed by atoms with Crippen molar-refractivity contribution in [3.8, 4) is 11.5 Å². The van der Waals surface area contributed by atoms with Gasteiger partial charge in [0.05, 0.1) is 12.6 Å². The fraction of sp³-hybridized carbons (Fsp3) is 0.273. The van der Waals surface area contributed by atoms with E-state index in [9.17, 15) is 8.78 Å². The zero-order valence-electron chi connectivity index (χ0n) is 9.52. The number of hydrogen-bond donors (Lipinski definition) is 2. The second kappa shape index (κ2) is 4.79. The number of aryl methyl sites for hydroxylation is 1. The monoisotopic (exact) mass is 255 g/mol. The first kappa shape index (κ1) is 12.6. The summed E-state index contributed by atoms with van der Waals surface area (Å²) in [5, 5.41) is 12.3. The molecular formula is C11H11F2N3O2. The molecule has 0 saturated heterocycles. The Labute approximate surface area is 101 Å².